The molecule has 4 rings (SSSR count). The first-order chi connectivity index (χ1) is 18.9. The summed E-state index contributed by atoms with van der Waals surface area (Å²) in [5.74, 6) is -0.501. The highest BCUT2D eigenvalue weighted by atomic mass is 32.2. The first-order valence-corrected chi connectivity index (χ1v) is 13.4. The van der Waals surface area contributed by atoms with Gasteiger partial charge in [-0.3, -0.25) is 14.2 Å². The van der Waals surface area contributed by atoms with Crippen LogP contribution in [0.25, 0.3) is 5.69 Å². The van der Waals surface area contributed by atoms with Crippen molar-refractivity contribution in [3.8, 4) is 5.69 Å². The van der Waals surface area contributed by atoms with Gasteiger partial charge in [-0.2, -0.15) is 13.2 Å². The normalized spacial score (nSPS) is 11.4. The predicted molar refractivity (Wildman–Crippen MR) is 149 cm³/mol. The fourth-order valence-electron chi connectivity index (χ4n) is 3.92. The Bertz CT molecular complexity index is 1570. The lowest BCUT2D eigenvalue weighted by Gasteiger charge is -2.14. The number of benzene rings is 3. The van der Waals surface area contributed by atoms with E-state index in [4.69, 9.17) is 0 Å². The molecule has 0 saturated heterocycles. The summed E-state index contributed by atoms with van der Waals surface area (Å²) in [7, 11) is 0. The molecule has 0 unspecified atom stereocenters. The molecule has 40 heavy (non-hydrogen) atoms. The van der Waals surface area contributed by atoms with Gasteiger partial charge in [0.25, 0.3) is 5.91 Å². The zero-order valence-corrected chi connectivity index (χ0v) is 23.2. The first kappa shape index (κ1) is 28.9. The Balaban J connectivity index is 1.58. The van der Waals surface area contributed by atoms with E-state index in [0.717, 1.165) is 46.1 Å². The molecule has 0 aliphatic carbocycles. The Morgan fingerprint density at radius 2 is 1.65 bits per heavy atom. The number of nitrogens with one attached hydrogen (secondary N) is 2. The van der Waals surface area contributed by atoms with Crippen LogP contribution in [0.5, 0.6) is 0 Å². The molecule has 7 nitrogen and oxygen atoms in total. The van der Waals surface area contributed by atoms with Crippen molar-refractivity contribution in [2.24, 2.45) is 0 Å². The average Bonchev–Trinajstić information content (AvgIpc) is 3.32. The molecule has 0 fully saturated rings. The number of nitrogens with zero attached hydrogens (tertiary/aromatic N) is 3. The Morgan fingerprint density at radius 3 is 2.38 bits per heavy atom. The maximum Gasteiger partial charge on any atom is 0.416 e. The van der Waals surface area contributed by atoms with Crippen LogP contribution in [0.2, 0.25) is 0 Å². The molecule has 0 aliphatic heterocycles. The average molecular weight is 568 g/mol. The van der Waals surface area contributed by atoms with Gasteiger partial charge in [-0.05, 0) is 86.3 Å². The number of halogens is 3. The van der Waals surface area contributed by atoms with Gasteiger partial charge in [0.2, 0.25) is 5.91 Å². The van der Waals surface area contributed by atoms with Gasteiger partial charge >= 0.3 is 6.18 Å². The lowest BCUT2D eigenvalue weighted by atomic mass is 10.1. The van der Waals surface area contributed by atoms with Crippen LogP contribution in [0.3, 0.4) is 0 Å². The molecule has 11 heteroatoms. The predicted octanol–water partition coefficient (Wildman–Crippen LogP) is 6.18. The minimum Gasteiger partial charge on any atom is -0.345 e. The van der Waals surface area contributed by atoms with Crippen LogP contribution < -0.4 is 10.6 Å². The number of carbonyl (C=O) groups is 2. The lowest BCUT2D eigenvalue weighted by molar-refractivity contribution is -0.137. The fraction of sp³-hybridized carbons (Fsp3) is 0.241. The summed E-state index contributed by atoms with van der Waals surface area (Å²) in [6.45, 7) is 7.54. The Labute approximate surface area is 234 Å². The molecule has 4 aromatic rings. The van der Waals surface area contributed by atoms with Crippen molar-refractivity contribution in [1.82, 2.24) is 20.1 Å². The number of aromatic nitrogens is 3. The number of rotatable bonds is 8. The molecule has 0 saturated carbocycles. The van der Waals surface area contributed by atoms with E-state index < -0.39 is 11.7 Å². The second kappa shape index (κ2) is 12.0. The van der Waals surface area contributed by atoms with Crippen molar-refractivity contribution in [3.05, 3.63) is 99.9 Å². The number of hydrogen-bond acceptors (Lipinski definition) is 5. The van der Waals surface area contributed by atoms with Crippen molar-refractivity contribution in [1.29, 1.82) is 0 Å². The Morgan fingerprint density at radius 1 is 0.900 bits per heavy atom. The van der Waals surface area contributed by atoms with E-state index in [1.165, 1.54) is 16.7 Å². The summed E-state index contributed by atoms with van der Waals surface area (Å²) in [5.41, 5.74) is 4.34. The van der Waals surface area contributed by atoms with E-state index in [2.05, 4.69) is 20.8 Å². The molecule has 2 amide bonds. The quantitative estimate of drug-likeness (QED) is 0.248. The van der Waals surface area contributed by atoms with Crippen molar-refractivity contribution in [2.45, 2.75) is 45.6 Å². The third-order valence-electron chi connectivity index (χ3n) is 6.31. The highest BCUT2D eigenvalue weighted by molar-refractivity contribution is 7.99. The molecule has 0 spiro atoms. The Kier molecular flexibility index (Phi) is 8.63. The summed E-state index contributed by atoms with van der Waals surface area (Å²) in [5, 5.41) is 14.1. The van der Waals surface area contributed by atoms with E-state index in [-0.39, 0.29) is 40.8 Å². The van der Waals surface area contributed by atoms with Crippen LogP contribution in [-0.2, 0) is 17.5 Å². The maximum absolute atomic E-state index is 13.5. The van der Waals surface area contributed by atoms with Crippen molar-refractivity contribution < 1.29 is 22.8 Å². The van der Waals surface area contributed by atoms with E-state index in [1.807, 2.05) is 52.0 Å². The SMILES string of the molecule is Cc1ccc(C)c(NC(=O)CSc2nnc(CNC(=O)c3ccc(C)c(C)c3)n2-c2cccc(C(F)(F)F)c2)c1. The largest absolute Gasteiger partial charge is 0.416 e. The molecule has 208 valence electrons. The van der Waals surface area contributed by atoms with Crippen LogP contribution in [0.4, 0.5) is 18.9 Å². The van der Waals surface area contributed by atoms with Gasteiger partial charge in [0.05, 0.1) is 23.5 Å². The van der Waals surface area contributed by atoms with Gasteiger partial charge in [0, 0.05) is 11.3 Å². The standard InChI is InChI=1S/C29H28F3N5O2S/c1-17-8-9-19(3)24(12-17)34-26(38)16-40-28-36-35-25(15-33-27(39)21-11-10-18(2)20(4)13-21)37(28)23-7-5-6-22(14-23)29(30,31)32/h5-14H,15-16H2,1-4H3,(H,33,39)(H,34,38). The second-order valence-electron chi connectivity index (χ2n) is 9.42. The first-order valence-electron chi connectivity index (χ1n) is 12.4. The van der Waals surface area contributed by atoms with Crippen LogP contribution in [0.1, 0.15) is 44.0 Å². The van der Waals surface area contributed by atoms with Crippen LogP contribution in [0, 0.1) is 27.7 Å². The molecule has 1 aromatic heterocycles. The third kappa shape index (κ3) is 6.90. The minimum absolute atomic E-state index is 0.0561. The Hall–Kier alpha value is -4.12. The zero-order valence-electron chi connectivity index (χ0n) is 22.4. The summed E-state index contributed by atoms with van der Waals surface area (Å²) < 4.78 is 41.9. The second-order valence-corrected chi connectivity index (χ2v) is 10.4. The molecule has 3 aromatic carbocycles. The van der Waals surface area contributed by atoms with Gasteiger partial charge in [-0.15, -0.1) is 10.2 Å². The molecule has 1 heterocycles. The molecule has 0 aliphatic rings. The topological polar surface area (TPSA) is 88.9 Å². The van der Waals surface area contributed by atoms with Gasteiger partial charge in [0.1, 0.15) is 0 Å². The van der Waals surface area contributed by atoms with Crippen LogP contribution in [-0.4, -0.2) is 32.3 Å². The van der Waals surface area contributed by atoms with Crippen molar-refractivity contribution >= 4 is 29.3 Å². The minimum atomic E-state index is -4.55. The van der Waals surface area contributed by atoms with E-state index in [1.54, 1.807) is 12.1 Å². The molecule has 0 radical (unpaired) electrons. The van der Waals surface area contributed by atoms with Gasteiger partial charge in [0.15, 0.2) is 11.0 Å². The number of anilines is 1. The van der Waals surface area contributed by atoms with Gasteiger partial charge in [-0.25, -0.2) is 0 Å². The van der Waals surface area contributed by atoms with E-state index >= 15 is 0 Å². The van der Waals surface area contributed by atoms with Crippen molar-refractivity contribution in [3.63, 3.8) is 0 Å². The maximum atomic E-state index is 13.5. The lowest BCUT2D eigenvalue weighted by Crippen LogP contribution is -2.25. The number of thioether (sulfide) groups is 1. The summed E-state index contributed by atoms with van der Waals surface area (Å²) in [6, 6.07) is 15.7. The fourth-order valence-corrected chi connectivity index (χ4v) is 4.69. The molecule has 0 bridgehead atoms. The van der Waals surface area contributed by atoms with Gasteiger partial charge in [-0.1, -0.05) is 36.0 Å². The summed E-state index contributed by atoms with van der Waals surface area (Å²) >= 11 is 1.03. The molecular formula is C29H28F3N5O2S. The monoisotopic (exact) mass is 567 g/mol. The van der Waals surface area contributed by atoms with E-state index in [0.29, 0.717) is 11.3 Å². The van der Waals surface area contributed by atoms with Crippen LogP contribution in [0.15, 0.2) is 65.8 Å². The number of amides is 2. The molecule has 0 atom stereocenters. The smallest absolute Gasteiger partial charge is 0.345 e. The van der Waals surface area contributed by atoms with Crippen molar-refractivity contribution in [2.75, 3.05) is 11.1 Å². The number of aryl methyl sites for hydroxylation is 4. The van der Waals surface area contributed by atoms with Gasteiger partial charge < -0.3 is 10.6 Å². The third-order valence-corrected chi connectivity index (χ3v) is 7.24. The molecular weight excluding hydrogens is 539 g/mol. The number of alkyl halides is 3. The summed E-state index contributed by atoms with van der Waals surface area (Å²) in [6.07, 6.45) is -4.55. The highest BCUT2D eigenvalue weighted by Crippen LogP contribution is 2.32. The number of hydrogen-bond donors (Lipinski definition) is 2. The molecule has 2 N–H and O–H groups in total. The summed E-state index contributed by atoms with van der Waals surface area (Å²) in [4.78, 5) is 25.5. The zero-order chi connectivity index (χ0) is 29.0. The van der Waals surface area contributed by atoms with E-state index in [9.17, 15) is 22.8 Å². The van der Waals surface area contributed by atoms with Crippen LogP contribution >= 0.6 is 11.8 Å². The number of carbonyl (C=O) groups excluding carboxylic acids is 2. The highest BCUT2D eigenvalue weighted by Gasteiger charge is 2.31.